The van der Waals surface area contributed by atoms with Gasteiger partial charge < -0.3 is 20.4 Å². The Bertz CT molecular complexity index is 872. The lowest BCUT2D eigenvalue weighted by atomic mass is 10.2. The minimum Gasteiger partial charge on any atom is -0.467 e. The first-order chi connectivity index (χ1) is 12.6. The number of aryl methyl sites for hydroxylation is 1. The standard InChI is InChI=1S/C19H18N4O3/c1-13-4-5-14(11-20-13)18(24)22-15-6-8-16(9-7-15)23-19(25)21-12-17-3-2-10-26-17/h2-11H,12H2,1H3,(H,22,24)(H2,21,23,25). The van der Waals surface area contributed by atoms with Crippen LogP contribution in [0.1, 0.15) is 21.8 Å². The van der Waals surface area contributed by atoms with Gasteiger partial charge in [0.2, 0.25) is 0 Å². The maximum absolute atomic E-state index is 12.1. The molecule has 3 amide bonds. The summed E-state index contributed by atoms with van der Waals surface area (Å²) in [7, 11) is 0. The molecule has 3 aromatic rings. The number of pyridine rings is 1. The van der Waals surface area contributed by atoms with E-state index in [-0.39, 0.29) is 11.9 Å². The van der Waals surface area contributed by atoms with Crippen molar-refractivity contribution in [3.05, 3.63) is 78.0 Å². The van der Waals surface area contributed by atoms with E-state index in [2.05, 4.69) is 20.9 Å². The normalized spacial score (nSPS) is 10.2. The number of nitrogens with zero attached hydrogens (tertiary/aromatic N) is 1. The second-order valence-electron chi connectivity index (χ2n) is 5.61. The molecule has 0 radical (unpaired) electrons. The number of benzene rings is 1. The van der Waals surface area contributed by atoms with Crippen molar-refractivity contribution in [2.24, 2.45) is 0 Å². The van der Waals surface area contributed by atoms with E-state index < -0.39 is 0 Å². The zero-order chi connectivity index (χ0) is 18.4. The van der Waals surface area contributed by atoms with Crippen molar-refractivity contribution in [3.8, 4) is 0 Å². The van der Waals surface area contributed by atoms with Crippen molar-refractivity contribution in [1.82, 2.24) is 10.3 Å². The summed E-state index contributed by atoms with van der Waals surface area (Å²) in [6.45, 7) is 2.16. The lowest BCUT2D eigenvalue weighted by molar-refractivity contribution is 0.102. The predicted molar refractivity (Wildman–Crippen MR) is 97.9 cm³/mol. The zero-order valence-electron chi connectivity index (χ0n) is 14.2. The number of amides is 3. The van der Waals surface area contributed by atoms with Crippen LogP contribution in [0, 0.1) is 6.92 Å². The molecule has 0 spiro atoms. The smallest absolute Gasteiger partial charge is 0.319 e. The molecule has 7 nitrogen and oxygen atoms in total. The summed E-state index contributed by atoms with van der Waals surface area (Å²) in [6.07, 6.45) is 3.08. The van der Waals surface area contributed by atoms with E-state index in [1.54, 1.807) is 54.8 Å². The number of rotatable bonds is 5. The van der Waals surface area contributed by atoms with Crippen molar-refractivity contribution in [3.63, 3.8) is 0 Å². The molecule has 0 unspecified atom stereocenters. The van der Waals surface area contributed by atoms with Gasteiger partial charge in [0.1, 0.15) is 5.76 Å². The second kappa shape index (κ2) is 7.98. The molecule has 0 saturated carbocycles. The molecule has 0 fully saturated rings. The van der Waals surface area contributed by atoms with Gasteiger partial charge in [-0.05, 0) is 55.5 Å². The Hall–Kier alpha value is -3.61. The minimum atomic E-state index is -0.344. The highest BCUT2D eigenvalue weighted by molar-refractivity contribution is 6.04. The summed E-state index contributed by atoms with van der Waals surface area (Å²) in [5.41, 5.74) is 2.56. The Morgan fingerprint density at radius 2 is 1.73 bits per heavy atom. The van der Waals surface area contributed by atoms with Gasteiger partial charge in [-0.1, -0.05) is 0 Å². The summed E-state index contributed by atoms with van der Waals surface area (Å²) in [6, 6.07) is 13.5. The van der Waals surface area contributed by atoms with Gasteiger partial charge in [0, 0.05) is 23.3 Å². The molecule has 0 aliphatic heterocycles. The van der Waals surface area contributed by atoms with Crippen LogP contribution in [0.3, 0.4) is 0 Å². The Balaban J connectivity index is 1.52. The number of carbonyl (C=O) groups is 2. The fourth-order valence-electron chi connectivity index (χ4n) is 2.20. The van der Waals surface area contributed by atoms with Crippen LogP contribution in [0.4, 0.5) is 16.2 Å². The van der Waals surface area contributed by atoms with E-state index in [0.717, 1.165) is 5.69 Å². The summed E-state index contributed by atoms with van der Waals surface area (Å²) in [5, 5.41) is 8.18. The van der Waals surface area contributed by atoms with Crippen LogP contribution >= 0.6 is 0 Å². The molecule has 3 N–H and O–H groups in total. The largest absolute Gasteiger partial charge is 0.467 e. The Morgan fingerprint density at radius 3 is 2.35 bits per heavy atom. The summed E-state index contributed by atoms with van der Waals surface area (Å²) < 4.78 is 5.14. The number of carbonyl (C=O) groups excluding carboxylic acids is 2. The van der Waals surface area contributed by atoms with Gasteiger partial charge in [0.15, 0.2) is 0 Å². The van der Waals surface area contributed by atoms with Crippen LogP contribution in [0.5, 0.6) is 0 Å². The highest BCUT2D eigenvalue weighted by Gasteiger charge is 2.07. The molecule has 0 aliphatic carbocycles. The minimum absolute atomic E-state index is 0.241. The quantitative estimate of drug-likeness (QED) is 0.655. The van der Waals surface area contributed by atoms with Gasteiger partial charge in [-0.2, -0.15) is 0 Å². The predicted octanol–water partition coefficient (Wildman–Crippen LogP) is 3.56. The maximum Gasteiger partial charge on any atom is 0.319 e. The lowest BCUT2D eigenvalue weighted by Crippen LogP contribution is -2.27. The fourth-order valence-corrected chi connectivity index (χ4v) is 2.20. The SMILES string of the molecule is Cc1ccc(C(=O)Nc2ccc(NC(=O)NCc3ccco3)cc2)cn1. The highest BCUT2D eigenvalue weighted by atomic mass is 16.3. The van der Waals surface area contributed by atoms with E-state index in [1.165, 1.54) is 6.20 Å². The molecule has 0 atom stereocenters. The monoisotopic (exact) mass is 350 g/mol. The first-order valence-electron chi connectivity index (χ1n) is 8.01. The number of hydrogen-bond acceptors (Lipinski definition) is 4. The first kappa shape index (κ1) is 17.2. The van der Waals surface area contributed by atoms with Crippen LogP contribution in [0.2, 0.25) is 0 Å². The molecular formula is C19H18N4O3. The van der Waals surface area contributed by atoms with Crippen LogP contribution in [0.15, 0.2) is 65.4 Å². The zero-order valence-corrected chi connectivity index (χ0v) is 14.2. The maximum atomic E-state index is 12.1. The van der Waals surface area contributed by atoms with E-state index in [9.17, 15) is 9.59 Å². The third-order valence-electron chi connectivity index (χ3n) is 3.58. The number of anilines is 2. The van der Waals surface area contributed by atoms with Crippen LogP contribution in [-0.4, -0.2) is 16.9 Å². The third-order valence-corrected chi connectivity index (χ3v) is 3.58. The van der Waals surface area contributed by atoms with Crippen molar-refractivity contribution >= 4 is 23.3 Å². The van der Waals surface area contributed by atoms with E-state index in [0.29, 0.717) is 29.2 Å². The van der Waals surface area contributed by atoms with Gasteiger partial charge in [-0.3, -0.25) is 9.78 Å². The number of nitrogens with one attached hydrogen (secondary N) is 3. The highest BCUT2D eigenvalue weighted by Crippen LogP contribution is 2.14. The summed E-state index contributed by atoms with van der Waals surface area (Å²) in [4.78, 5) is 28.1. The molecular weight excluding hydrogens is 332 g/mol. The van der Waals surface area contributed by atoms with Gasteiger partial charge in [0.25, 0.3) is 5.91 Å². The van der Waals surface area contributed by atoms with Crippen molar-refractivity contribution in [2.75, 3.05) is 10.6 Å². The Kier molecular flexibility index (Phi) is 5.28. The molecule has 2 aromatic heterocycles. The number of aromatic nitrogens is 1. The van der Waals surface area contributed by atoms with E-state index in [4.69, 9.17) is 4.42 Å². The summed E-state index contributed by atoms with van der Waals surface area (Å²) in [5.74, 6) is 0.429. The van der Waals surface area contributed by atoms with Gasteiger partial charge in [-0.15, -0.1) is 0 Å². The van der Waals surface area contributed by atoms with E-state index >= 15 is 0 Å². The van der Waals surface area contributed by atoms with Crippen LogP contribution in [0.25, 0.3) is 0 Å². The molecule has 0 saturated heterocycles. The Labute approximate surface area is 150 Å². The van der Waals surface area contributed by atoms with Crippen molar-refractivity contribution in [1.29, 1.82) is 0 Å². The average Bonchev–Trinajstić information content (AvgIpc) is 3.16. The van der Waals surface area contributed by atoms with Crippen molar-refractivity contribution < 1.29 is 14.0 Å². The molecule has 2 heterocycles. The van der Waals surface area contributed by atoms with Gasteiger partial charge in [0.05, 0.1) is 18.4 Å². The second-order valence-corrected chi connectivity index (χ2v) is 5.61. The van der Waals surface area contributed by atoms with Crippen molar-refractivity contribution in [2.45, 2.75) is 13.5 Å². The molecule has 0 aliphatic rings. The lowest BCUT2D eigenvalue weighted by Gasteiger charge is -2.09. The molecule has 26 heavy (non-hydrogen) atoms. The first-order valence-corrected chi connectivity index (χ1v) is 8.01. The molecule has 1 aromatic carbocycles. The molecule has 132 valence electrons. The number of furan rings is 1. The number of urea groups is 1. The Morgan fingerprint density at radius 1 is 1.00 bits per heavy atom. The molecule has 7 heteroatoms. The number of hydrogen-bond donors (Lipinski definition) is 3. The topological polar surface area (TPSA) is 96.3 Å². The van der Waals surface area contributed by atoms with E-state index in [1.807, 2.05) is 6.92 Å². The third kappa shape index (κ3) is 4.70. The van der Waals surface area contributed by atoms with Crippen LogP contribution in [-0.2, 0) is 6.54 Å². The summed E-state index contributed by atoms with van der Waals surface area (Å²) >= 11 is 0. The fraction of sp³-hybridized carbons (Fsp3) is 0.105. The van der Waals surface area contributed by atoms with Gasteiger partial charge >= 0.3 is 6.03 Å². The average molecular weight is 350 g/mol. The molecule has 3 rings (SSSR count). The van der Waals surface area contributed by atoms with Crippen LogP contribution < -0.4 is 16.0 Å². The van der Waals surface area contributed by atoms with Gasteiger partial charge in [-0.25, -0.2) is 4.79 Å². The molecule has 0 bridgehead atoms.